The number of hydrogen-bond acceptors (Lipinski definition) is 1. The van der Waals surface area contributed by atoms with Gasteiger partial charge in [0.2, 0.25) is 5.91 Å². The first-order chi connectivity index (χ1) is 5.65. The van der Waals surface area contributed by atoms with Gasteiger partial charge in [0.1, 0.15) is 0 Å². The first kappa shape index (κ1) is 11.0. The van der Waals surface area contributed by atoms with Gasteiger partial charge in [0, 0.05) is 5.92 Å². The van der Waals surface area contributed by atoms with Crippen molar-refractivity contribution in [3.05, 3.63) is 0 Å². The summed E-state index contributed by atoms with van der Waals surface area (Å²) in [5, 5.41) is 2.76. The van der Waals surface area contributed by atoms with Gasteiger partial charge in [0.05, 0.1) is 6.04 Å². The Kier molecular flexibility index (Phi) is 5.19. The molecule has 1 N–H and O–H groups in total. The molecule has 1 atom stereocenters. The largest absolute Gasteiger partial charge is 0.343 e. The van der Waals surface area contributed by atoms with E-state index in [9.17, 15) is 4.79 Å². The third-order valence-corrected chi connectivity index (χ3v) is 1.97. The lowest BCUT2D eigenvalue weighted by molar-refractivity contribution is -0.125. The zero-order valence-corrected chi connectivity index (χ0v) is 8.05. The van der Waals surface area contributed by atoms with Crippen molar-refractivity contribution in [3.63, 3.8) is 0 Å². The third kappa shape index (κ3) is 3.43. The first-order valence-electron chi connectivity index (χ1n) is 4.42. The molecule has 0 aromatic heterocycles. The van der Waals surface area contributed by atoms with Gasteiger partial charge in [-0.05, 0) is 19.8 Å². The van der Waals surface area contributed by atoms with Crippen LogP contribution in [-0.2, 0) is 4.79 Å². The minimum absolute atomic E-state index is 0.0745. The predicted octanol–water partition coefficient (Wildman–Crippen LogP) is 1.56. The van der Waals surface area contributed by atoms with Crippen molar-refractivity contribution in [1.82, 2.24) is 5.32 Å². The fraction of sp³-hybridized carbons (Fsp3) is 0.700. The Morgan fingerprint density at radius 2 is 2.00 bits per heavy atom. The number of carbonyl (C=O) groups excluding carboxylic acids is 1. The molecule has 12 heavy (non-hydrogen) atoms. The molecule has 0 fully saturated rings. The Labute approximate surface area is 74.7 Å². The van der Waals surface area contributed by atoms with Gasteiger partial charge in [0.15, 0.2) is 0 Å². The van der Waals surface area contributed by atoms with Crippen molar-refractivity contribution < 1.29 is 4.79 Å². The summed E-state index contributed by atoms with van der Waals surface area (Å²) in [7, 11) is 0. The Balaban J connectivity index is 3.94. The lowest BCUT2D eigenvalue weighted by atomic mass is 10.0. The maximum Gasteiger partial charge on any atom is 0.224 e. The van der Waals surface area contributed by atoms with Crippen LogP contribution in [0, 0.1) is 18.3 Å². The van der Waals surface area contributed by atoms with Gasteiger partial charge in [-0.2, -0.15) is 0 Å². The van der Waals surface area contributed by atoms with Crippen LogP contribution < -0.4 is 5.32 Å². The molecule has 0 aliphatic carbocycles. The summed E-state index contributed by atoms with van der Waals surface area (Å²) >= 11 is 0. The van der Waals surface area contributed by atoms with Crippen molar-refractivity contribution in [2.75, 3.05) is 0 Å². The predicted molar refractivity (Wildman–Crippen MR) is 50.5 cm³/mol. The summed E-state index contributed by atoms with van der Waals surface area (Å²) in [6, 6.07) is -0.155. The summed E-state index contributed by atoms with van der Waals surface area (Å²) in [6.07, 6.45) is 6.89. The quantitative estimate of drug-likeness (QED) is 0.632. The molecule has 0 saturated heterocycles. The van der Waals surface area contributed by atoms with E-state index in [4.69, 9.17) is 6.42 Å². The van der Waals surface area contributed by atoms with Crippen molar-refractivity contribution in [1.29, 1.82) is 0 Å². The molecule has 0 aliphatic rings. The molecule has 0 spiro atoms. The van der Waals surface area contributed by atoms with Gasteiger partial charge in [-0.25, -0.2) is 0 Å². The monoisotopic (exact) mass is 167 g/mol. The molecule has 0 radical (unpaired) electrons. The first-order valence-corrected chi connectivity index (χ1v) is 4.42. The summed E-state index contributed by atoms with van der Waals surface area (Å²) in [5.74, 6) is 2.65. The van der Waals surface area contributed by atoms with Crippen molar-refractivity contribution in [2.45, 2.75) is 39.7 Å². The third-order valence-electron chi connectivity index (χ3n) is 1.97. The van der Waals surface area contributed by atoms with Gasteiger partial charge in [0.25, 0.3) is 0 Å². The van der Waals surface area contributed by atoms with Crippen LogP contribution in [0.3, 0.4) is 0 Å². The van der Waals surface area contributed by atoms with Gasteiger partial charge in [-0.1, -0.05) is 19.8 Å². The number of terminal acetylenes is 1. The van der Waals surface area contributed by atoms with Gasteiger partial charge in [-0.3, -0.25) is 4.79 Å². The van der Waals surface area contributed by atoms with E-state index >= 15 is 0 Å². The topological polar surface area (TPSA) is 29.1 Å². The normalized spacial score (nSPS) is 12.2. The molecular formula is C10H17NO. The van der Waals surface area contributed by atoms with Crippen molar-refractivity contribution in [2.24, 2.45) is 5.92 Å². The van der Waals surface area contributed by atoms with E-state index in [1.165, 1.54) is 0 Å². The van der Waals surface area contributed by atoms with Crippen LogP contribution in [-0.4, -0.2) is 11.9 Å². The number of hydrogen-bond donors (Lipinski definition) is 1. The zero-order chi connectivity index (χ0) is 9.56. The van der Waals surface area contributed by atoms with Crippen LogP contribution in [0.15, 0.2) is 0 Å². The SMILES string of the molecule is C#CC(C)NC(=O)C(CC)CC. The molecule has 0 saturated carbocycles. The molecule has 0 bridgehead atoms. The average Bonchev–Trinajstić information content (AvgIpc) is 2.06. The molecule has 2 heteroatoms. The maximum atomic E-state index is 11.4. The van der Waals surface area contributed by atoms with Crippen LogP contribution in [0.5, 0.6) is 0 Å². The highest BCUT2D eigenvalue weighted by Gasteiger charge is 2.14. The second kappa shape index (κ2) is 5.65. The lowest BCUT2D eigenvalue weighted by Crippen LogP contribution is -2.36. The Hall–Kier alpha value is -0.970. The number of carbonyl (C=O) groups is 1. The summed E-state index contributed by atoms with van der Waals surface area (Å²) in [6.45, 7) is 5.82. The summed E-state index contributed by atoms with van der Waals surface area (Å²) < 4.78 is 0. The van der Waals surface area contributed by atoms with E-state index in [1.54, 1.807) is 6.92 Å². The molecule has 0 heterocycles. The summed E-state index contributed by atoms with van der Waals surface area (Å²) in [5.41, 5.74) is 0. The van der Waals surface area contributed by atoms with Crippen LogP contribution in [0.1, 0.15) is 33.6 Å². The van der Waals surface area contributed by atoms with Crippen LogP contribution in [0.25, 0.3) is 0 Å². The molecule has 0 aliphatic heterocycles. The van der Waals surface area contributed by atoms with E-state index < -0.39 is 0 Å². The fourth-order valence-electron chi connectivity index (χ4n) is 1.03. The van der Waals surface area contributed by atoms with E-state index in [2.05, 4.69) is 11.2 Å². The summed E-state index contributed by atoms with van der Waals surface area (Å²) in [4.78, 5) is 11.4. The molecule has 1 unspecified atom stereocenters. The molecule has 0 aromatic carbocycles. The van der Waals surface area contributed by atoms with E-state index in [0.717, 1.165) is 12.8 Å². The molecule has 68 valence electrons. The van der Waals surface area contributed by atoms with E-state index in [1.807, 2.05) is 13.8 Å². The van der Waals surface area contributed by atoms with Gasteiger partial charge in [-0.15, -0.1) is 6.42 Å². The minimum Gasteiger partial charge on any atom is -0.343 e. The highest BCUT2D eigenvalue weighted by atomic mass is 16.1. The molecule has 0 aromatic rings. The maximum absolute atomic E-state index is 11.4. The van der Waals surface area contributed by atoms with Crippen LogP contribution in [0.2, 0.25) is 0 Å². The molecule has 0 rings (SSSR count). The van der Waals surface area contributed by atoms with Crippen LogP contribution in [0.4, 0.5) is 0 Å². The van der Waals surface area contributed by atoms with E-state index in [-0.39, 0.29) is 17.9 Å². The lowest BCUT2D eigenvalue weighted by Gasteiger charge is -2.14. The van der Waals surface area contributed by atoms with Gasteiger partial charge >= 0.3 is 0 Å². The second-order valence-electron chi connectivity index (χ2n) is 2.91. The van der Waals surface area contributed by atoms with Crippen molar-refractivity contribution in [3.8, 4) is 12.3 Å². The Morgan fingerprint density at radius 3 is 2.33 bits per heavy atom. The second-order valence-corrected chi connectivity index (χ2v) is 2.91. The number of nitrogens with one attached hydrogen (secondary N) is 1. The molecular weight excluding hydrogens is 150 g/mol. The van der Waals surface area contributed by atoms with Crippen molar-refractivity contribution >= 4 is 5.91 Å². The molecule has 2 nitrogen and oxygen atoms in total. The average molecular weight is 167 g/mol. The minimum atomic E-state index is -0.155. The standard InChI is InChI=1S/C10H17NO/c1-5-8(4)11-10(12)9(6-2)7-3/h1,8-9H,6-7H2,2-4H3,(H,11,12). The van der Waals surface area contributed by atoms with Crippen LogP contribution >= 0.6 is 0 Å². The molecule has 1 amide bonds. The highest BCUT2D eigenvalue weighted by molar-refractivity contribution is 5.79. The number of rotatable bonds is 4. The zero-order valence-electron chi connectivity index (χ0n) is 8.05. The smallest absolute Gasteiger partial charge is 0.224 e. The van der Waals surface area contributed by atoms with Gasteiger partial charge < -0.3 is 5.32 Å². The Morgan fingerprint density at radius 1 is 1.50 bits per heavy atom. The van der Waals surface area contributed by atoms with E-state index in [0.29, 0.717) is 0 Å². The highest BCUT2D eigenvalue weighted by Crippen LogP contribution is 2.07. The Bertz CT molecular complexity index is 177. The number of amides is 1. The fourth-order valence-corrected chi connectivity index (χ4v) is 1.03.